The minimum atomic E-state index is -0.205. The number of carbonyl (C=O) groups excluding carboxylic acids is 2. The predicted molar refractivity (Wildman–Crippen MR) is 108 cm³/mol. The second kappa shape index (κ2) is 7.80. The van der Waals surface area contributed by atoms with Gasteiger partial charge in [0.25, 0.3) is 11.9 Å². The van der Waals surface area contributed by atoms with Gasteiger partial charge in [-0.05, 0) is 49.3 Å². The Bertz CT molecular complexity index is 913. The van der Waals surface area contributed by atoms with Gasteiger partial charge in [0.2, 0.25) is 5.91 Å². The Morgan fingerprint density at radius 1 is 1.13 bits per heavy atom. The van der Waals surface area contributed by atoms with E-state index in [4.69, 9.17) is 9.15 Å². The summed E-state index contributed by atoms with van der Waals surface area (Å²) in [6.45, 7) is 1.07. The fraction of sp³-hybridized carbons (Fsp3) is 0.478. The average molecular weight is 410 g/mol. The number of ether oxygens (including phenoxy) is 1. The zero-order chi connectivity index (χ0) is 20.7. The van der Waals surface area contributed by atoms with Crippen molar-refractivity contribution in [1.82, 2.24) is 9.80 Å². The van der Waals surface area contributed by atoms with Gasteiger partial charge in [0, 0.05) is 31.6 Å². The monoisotopic (exact) mass is 410 g/mol. The Hall–Kier alpha value is -2.80. The van der Waals surface area contributed by atoms with E-state index in [0.717, 1.165) is 19.3 Å². The lowest BCUT2D eigenvalue weighted by Crippen LogP contribution is -2.66. The molecule has 3 fully saturated rings. The molecule has 2 bridgehead atoms. The number of hydrogen-bond acceptors (Lipinski definition) is 5. The molecule has 4 atom stereocenters. The molecule has 7 heteroatoms. The third-order valence-electron chi connectivity index (χ3n) is 6.72. The Labute approximate surface area is 175 Å². The van der Waals surface area contributed by atoms with Crippen molar-refractivity contribution < 1.29 is 23.8 Å². The number of likely N-dealkylation sites (tertiary alicyclic amines) is 1. The van der Waals surface area contributed by atoms with Crippen LogP contribution < -0.4 is 4.74 Å². The summed E-state index contributed by atoms with van der Waals surface area (Å²) in [6.07, 6.45) is 3.33. The van der Waals surface area contributed by atoms with Crippen LogP contribution in [0.5, 0.6) is 11.7 Å². The van der Waals surface area contributed by atoms with Gasteiger partial charge in [-0.25, -0.2) is 0 Å². The number of carbonyl (C=O) groups is 2. The van der Waals surface area contributed by atoms with Gasteiger partial charge in [-0.3, -0.25) is 9.59 Å². The second-order valence-electron chi connectivity index (χ2n) is 8.51. The van der Waals surface area contributed by atoms with E-state index < -0.39 is 0 Å². The molecular weight excluding hydrogens is 384 g/mol. The van der Waals surface area contributed by atoms with Gasteiger partial charge >= 0.3 is 0 Å². The number of fused-ring (bicyclic) bond motifs is 4. The number of para-hydroxylation sites is 1. The molecular formula is C23H26N2O5. The van der Waals surface area contributed by atoms with E-state index in [1.165, 1.54) is 0 Å². The van der Waals surface area contributed by atoms with E-state index in [1.54, 1.807) is 12.1 Å². The highest BCUT2D eigenvalue weighted by atomic mass is 16.6. The highest BCUT2D eigenvalue weighted by Gasteiger charge is 2.50. The SMILES string of the molecule is O=C(c1ccc(Oc2ccccc2)o1)N1C[C@H]2C[C@@H](C1)[C@H](CO)N1C(=O)CCC[C@@H]21. The van der Waals surface area contributed by atoms with Gasteiger partial charge in [-0.15, -0.1) is 0 Å². The van der Waals surface area contributed by atoms with Crippen molar-refractivity contribution in [2.45, 2.75) is 37.8 Å². The summed E-state index contributed by atoms with van der Waals surface area (Å²) in [6, 6.07) is 12.5. The minimum absolute atomic E-state index is 0.0581. The van der Waals surface area contributed by atoms with Crippen LogP contribution in [0.15, 0.2) is 46.9 Å². The number of aliphatic hydroxyl groups excluding tert-OH is 1. The summed E-state index contributed by atoms with van der Waals surface area (Å²) in [5.41, 5.74) is 0. The van der Waals surface area contributed by atoms with Gasteiger partial charge < -0.3 is 24.1 Å². The molecule has 0 spiro atoms. The first-order valence-corrected chi connectivity index (χ1v) is 10.7. The fourth-order valence-electron chi connectivity index (χ4n) is 5.43. The van der Waals surface area contributed by atoms with Crippen molar-refractivity contribution in [3.8, 4) is 11.7 Å². The van der Waals surface area contributed by atoms with Crippen LogP contribution in [0.25, 0.3) is 0 Å². The Kier molecular flexibility index (Phi) is 4.98. The normalized spacial score (nSPS) is 28.2. The Morgan fingerprint density at radius 2 is 1.93 bits per heavy atom. The standard InChI is InChI=1S/C23H26N2O5/c26-14-19-16-11-15(18-7-4-8-21(27)25(18)19)12-24(13-16)23(28)20-9-10-22(30-20)29-17-5-2-1-3-6-17/h1-3,5-6,9-10,15-16,18-19,26H,4,7-8,11-14H2/t15-,16+,18+,19+/m1/s1. The quantitative estimate of drug-likeness (QED) is 0.838. The van der Waals surface area contributed by atoms with Crippen molar-refractivity contribution in [2.24, 2.45) is 11.8 Å². The van der Waals surface area contributed by atoms with Gasteiger partial charge in [-0.1, -0.05) is 18.2 Å². The summed E-state index contributed by atoms with van der Waals surface area (Å²) in [5, 5.41) is 10.0. The molecule has 4 heterocycles. The zero-order valence-corrected chi connectivity index (χ0v) is 16.8. The maximum Gasteiger partial charge on any atom is 0.290 e. The van der Waals surface area contributed by atoms with Crippen LogP contribution in [0.1, 0.15) is 36.2 Å². The lowest BCUT2D eigenvalue weighted by molar-refractivity contribution is -0.154. The van der Waals surface area contributed by atoms with Crippen molar-refractivity contribution >= 4 is 11.8 Å². The second-order valence-corrected chi connectivity index (χ2v) is 8.51. The summed E-state index contributed by atoms with van der Waals surface area (Å²) in [5.74, 6) is 1.48. The Morgan fingerprint density at radius 3 is 2.73 bits per heavy atom. The molecule has 158 valence electrons. The van der Waals surface area contributed by atoms with E-state index >= 15 is 0 Å². The van der Waals surface area contributed by atoms with Crippen molar-refractivity contribution in [1.29, 1.82) is 0 Å². The van der Waals surface area contributed by atoms with Crippen molar-refractivity contribution in [3.63, 3.8) is 0 Å². The average Bonchev–Trinajstić information content (AvgIpc) is 3.23. The number of hydrogen-bond donors (Lipinski definition) is 1. The van der Waals surface area contributed by atoms with Crippen LogP contribution in [0.3, 0.4) is 0 Å². The third kappa shape index (κ3) is 3.37. The maximum atomic E-state index is 13.1. The van der Waals surface area contributed by atoms with E-state index in [-0.39, 0.29) is 54.0 Å². The smallest absolute Gasteiger partial charge is 0.290 e. The summed E-state index contributed by atoms with van der Waals surface area (Å²) in [7, 11) is 0. The molecule has 5 rings (SSSR count). The van der Waals surface area contributed by atoms with Crippen LogP contribution in [0.2, 0.25) is 0 Å². The molecule has 0 radical (unpaired) electrons. The summed E-state index contributed by atoms with van der Waals surface area (Å²) < 4.78 is 11.3. The van der Waals surface area contributed by atoms with E-state index in [9.17, 15) is 14.7 Å². The van der Waals surface area contributed by atoms with Crippen molar-refractivity contribution in [2.75, 3.05) is 19.7 Å². The van der Waals surface area contributed by atoms with Crippen LogP contribution in [0, 0.1) is 11.8 Å². The number of amides is 2. The Balaban J connectivity index is 1.32. The topological polar surface area (TPSA) is 83.2 Å². The maximum absolute atomic E-state index is 13.1. The number of furan rings is 1. The van der Waals surface area contributed by atoms with E-state index in [2.05, 4.69) is 0 Å². The molecule has 0 saturated carbocycles. The lowest BCUT2D eigenvalue weighted by atomic mass is 9.72. The largest absolute Gasteiger partial charge is 0.426 e. The van der Waals surface area contributed by atoms with E-state index in [1.807, 2.05) is 40.1 Å². The first-order chi connectivity index (χ1) is 14.6. The molecule has 1 N–H and O–H groups in total. The number of aliphatic hydroxyl groups is 1. The highest BCUT2D eigenvalue weighted by Crippen LogP contribution is 2.41. The number of nitrogens with zero attached hydrogens (tertiary/aromatic N) is 2. The lowest BCUT2D eigenvalue weighted by Gasteiger charge is -2.56. The molecule has 3 saturated heterocycles. The molecule has 3 aliphatic heterocycles. The number of benzene rings is 1. The van der Waals surface area contributed by atoms with Gasteiger partial charge in [0.15, 0.2) is 5.76 Å². The molecule has 0 aliphatic carbocycles. The molecule has 3 aliphatic rings. The zero-order valence-electron chi connectivity index (χ0n) is 16.8. The molecule has 2 amide bonds. The highest BCUT2D eigenvalue weighted by molar-refractivity contribution is 5.91. The van der Waals surface area contributed by atoms with Gasteiger partial charge in [0.1, 0.15) is 5.75 Å². The number of rotatable bonds is 4. The number of piperidine rings is 3. The van der Waals surface area contributed by atoms with Crippen LogP contribution >= 0.6 is 0 Å². The predicted octanol–water partition coefficient (Wildman–Crippen LogP) is 2.91. The molecule has 1 aromatic carbocycles. The van der Waals surface area contributed by atoms with Crippen LogP contribution in [-0.4, -0.2) is 58.5 Å². The molecule has 7 nitrogen and oxygen atoms in total. The van der Waals surface area contributed by atoms with Gasteiger partial charge in [0.05, 0.1) is 12.6 Å². The van der Waals surface area contributed by atoms with Gasteiger partial charge in [-0.2, -0.15) is 0 Å². The fourth-order valence-corrected chi connectivity index (χ4v) is 5.43. The molecule has 0 unspecified atom stereocenters. The first kappa shape index (κ1) is 19.2. The summed E-state index contributed by atoms with van der Waals surface area (Å²) >= 11 is 0. The van der Waals surface area contributed by atoms with Crippen LogP contribution in [-0.2, 0) is 4.79 Å². The molecule has 1 aromatic heterocycles. The minimum Gasteiger partial charge on any atom is -0.426 e. The summed E-state index contributed by atoms with van der Waals surface area (Å²) in [4.78, 5) is 29.4. The first-order valence-electron chi connectivity index (χ1n) is 10.7. The van der Waals surface area contributed by atoms with E-state index in [0.29, 0.717) is 25.3 Å². The van der Waals surface area contributed by atoms with Crippen LogP contribution in [0.4, 0.5) is 0 Å². The third-order valence-corrected chi connectivity index (χ3v) is 6.72. The molecule has 30 heavy (non-hydrogen) atoms. The van der Waals surface area contributed by atoms with Crippen molar-refractivity contribution in [3.05, 3.63) is 48.2 Å². The molecule has 2 aromatic rings.